The third kappa shape index (κ3) is 4.44. The molecule has 1 aromatic heterocycles. The lowest BCUT2D eigenvalue weighted by molar-refractivity contribution is -0.129. The number of nitrogens with one attached hydrogen (secondary N) is 1. The largest absolute Gasteiger partial charge is 0.396 e. The molecule has 1 amide bonds. The molecule has 1 aromatic carbocycles. The van der Waals surface area contributed by atoms with Crippen LogP contribution in [0.5, 0.6) is 0 Å². The number of carbonyl (C=O) groups is 1. The average molecular weight is 377 g/mol. The fourth-order valence-electron chi connectivity index (χ4n) is 3.24. The second-order valence-corrected chi connectivity index (χ2v) is 6.99. The predicted octanol–water partition coefficient (Wildman–Crippen LogP) is 2.03. The zero-order valence-electron chi connectivity index (χ0n) is 15.0. The quantitative estimate of drug-likeness (QED) is 0.755. The maximum atomic E-state index is 11.6. The topological polar surface area (TPSA) is 68.7 Å². The number of hydrogen-bond acceptors (Lipinski definition) is 5. The second-order valence-electron chi connectivity index (χ2n) is 6.56. The predicted molar refractivity (Wildman–Crippen MR) is 105 cm³/mol. The van der Waals surface area contributed by atoms with Crippen molar-refractivity contribution in [3.05, 3.63) is 34.9 Å². The minimum Gasteiger partial charge on any atom is -0.396 e. The maximum Gasteiger partial charge on any atom is 0.219 e. The van der Waals surface area contributed by atoms with Gasteiger partial charge in [-0.2, -0.15) is 0 Å². The highest BCUT2D eigenvalue weighted by atomic mass is 35.5. The van der Waals surface area contributed by atoms with Gasteiger partial charge in [-0.15, -0.1) is 0 Å². The molecule has 26 heavy (non-hydrogen) atoms. The summed E-state index contributed by atoms with van der Waals surface area (Å²) in [5.41, 5.74) is 2.00. The molecule has 140 valence electrons. The van der Waals surface area contributed by atoms with Gasteiger partial charge in [-0.05, 0) is 31.2 Å². The lowest BCUT2D eigenvalue weighted by atomic mass is 10.1. The van der Waals surface area contributed by atoms with E-state index < -0.39 is 0 Å². The Labute approximate surface area is 158 Å². The van der Waals surface area contributed by atoms with Crippen LogP contribution in [-0.4, -0.2) is 60.2 Å². The van der Waals surface area contributed by atoms with Crippen LogP contribution >= 0.6 is 11.6 Å². The molecule has 7 heteroatoms. The molecule has 0 saturated carbocycles. The van der Waals surface area contributed by atoms with Crippen molar-refractivity contribution in [2.24, 2.45) is 0 Å². The van der Waals surface area contributed by atoms with Crippen LogP contribution in [0, 0.1) is 0 Å². The first kappa shape index (κ1) is 18.9. The van der Waals surface area contributed by atoms with Gasteiger partial charge in [-0.3, -0.25) is 4.79 Å². The smallest absolute Gasteiger partial charge is 0.219 e. The van der Waals surface area contributed by atoms with Gasteiger partial charge in [-0.25, -0.2) is 4.98 Å². The Morgan fingerprint density at radius 1 is 1.27 bits per heavy atom. The van der Waals surface area contributed by atoms with E-state index in [1.54, 1.807) is 6.92 Å². The molecule has 1 fully saturated rings. The Kier molecular flexibility index (Phi) is 6.29. The Balaban J connectivity index is 1.86. The molecular weight excluding hydrogens is 352 g/mol. The number of carbonyl (C=O) groups excluding carboxylic acids is 1. The molecule has 0 bridgehead atoms. The van der Waals surface area contributed by atoms with E-state index >= 15 is 0 Å². The van der Waals surface area contributed by atoms with E-state index in [4.69, 9.17) is 21.7 Å². The third-order valence-electron chi connectivity index (χ3n) is 4.69. The van der Waals surface area contributed by atoms with E-state index in [-0.39, 0.29) is 12.5 Å². The van der Waals surface area contributed by atoms with Crippen molar-refractivity contribution in [1.82, 2.24) is 15.2 Å². The fourth-order valence-corrected chi connectivity index (χ4v) is 3.40. The Hall–Kier alpha value is -1.89. The number of nitrogens with zero attached hydrogens (tertiary/aromatic N) is 3. The van der Waals surface area contributed by atoms with Crippen LogP contribution in [0.15, 0.2) is 24.3 Å². The molecule has 0 radical (unpaired) electrons. The first-order valence-corrected chi connectivity index (χ1v) is 9.37. The molecule has 1 aliphatic heterocycles. The van der Waals surface area contributed by atoms with Gasteiger partial charge in [0.25, 0.3) is 0 Å². The van der Waals surface area contributed by atoms with Crippen molar-refractivity contribution in [3.63, 3.8) is 0 Å². The van der Waals surface area contributed by atoms with Crippen LogP contribution in [0.3, 0.4) is 0 Å². The zero-order valence-corrected chi connectivity index (χ0v) is 15.8. The van der Waals surface area contributed by atoms with Gasteiger partial charge in [0.15, 0.2) is 0 Å². The zero-order chi connectivity index (χ0) is 18.5. The number of hydrogen-bond donors (Lipinski definition) is 2. The van der Waals surface area contributed by atoms with E-state index in [9.17, 15) is 4.79 Å². The van der Waals surface area contributed by atoms with Gasteiger partial charge < -0.3 is 20.2 Å². The molecule has 2 N–H and O–H groups in total. The fraction of sp³-hybridized carbons (Fsp3) is 0.474. The monoisotopic (exact) mass is 376 g/mol. The van der Waals surface area contributed by atoms with Crippen LogP contribution < -0.4 is 10.2 Å². The summed E-state index contributed by atoms with van der Waals surface area (Å²) in [6, 6.07) is 7.89. The van der Waals surface area contributed by atoms with Gasteiger partial charge in [0.05, 0.1) is 5.52 Å². The summed E-state index contributed by atoms with van der Waals surface area (Å²) >= 11 is 6.14. The minimum absolute atomic E-state index is 0.119. The number of benzene rings is 1. The first-order valence-electron chi connectivity index (χ1n) is 8.99. The number of aromatic nitrogens is 1. The number of fused-ring (bicyclic) bond motifs is 1. The van der Waals surface area contributed by atoms with E-state index in [2.05, 4.69) is 16.3 Å². The van der Waals surface area contributed by atoms with Crippen molar-refractivity contribution in [1.29, 1.82) is 0 Å². The number of rotatable bonds is 6. The number of amides is 1. The molecule has 0 atom stereocenters. The number of anilines is 1. The number of halogens is 1. The summed E-state index contributed by atoms with van der Waals surface area (Å²) in [4.78, 5) is 20.6. The average Bonchev–Trinajstić information content (AvgIpc) is 2.65. The van der Waals surface area contributed by atoms with Gasteiger partial charge >= 0.3 is 0 Å². The van der Waals surface area contributed by atoms with Crippen molar-refractivity contribution in [2.45, 2.75) is 19.9 Å². The van der Waals surface area contributed by atoms with E-state index in [1.165, 1.54) is 0 Å². The van der Waals surface area contributed by atoms with E-state index in [0.717, 1.165) is 48.3 Å². The number of pyridine rings is 1. The van der Waals surface area contributed by atoms with Crippen LogP contribution in [0.4, 0.5) is 5.82 Å². The molecule has 3 rings (SSSR count). The summed E-state index contributed by atoms with van der Waals surface area (Å²) in [7, 11) is 0. The lowest BCUT2D eigenvalue weighted by Gasteiger charge is -2.36. The van der Waals surface area contributed by atoms with Crippen LogP contribution in [0.25, 0.3) is 10.9 Å². The first-order chi connectivity index (χ1) is 12.6. The Morgan fingerprint density at radius 2 is 2.04 bits per heavy atom. The summed E-state index contributed by atoms with van der Waals surface area (Å²) < 4.78 is 0. The molecule has 2 heterocycles. The van der Waals surface area contributed by atoms with Gasteiger partial charge in [0.1, 0.15) is 5.82 Å². The van der Waals surface area contributed by atoms with Crippen LogP contribution in [0.1, 0.15) is 18.9 Å². The molecule has 0 spiro atoms. The van der Waals surface area contributed by atoms with Gasteiger partial charge in [0.2, 0.25) is 5.91 Å². The van der Waals surface area contributed by atoms with E-state index in [1.807, 2.05) is 23.1 Å². The second kappa shape index (κ2) is 8.66. The van der Waals surface area contributed by atoms with Crippen molar-refractivity contribution >= 4 is 34.2 Å². The van der Waals surface area contributed by atoms with Gasteiger partial charge in [0, 0.05) is 62.2 Å². The highest BCUT2D eigenvalue weighted by Gasteiger charge is 2.22. The number of aliphatic hydroxyl groups is 1. The Bertz CT molecular complexity index is 775. The molecule has 1 saturated heterocycles. The summed E-state index contributed by atoms with van der Waals surface area (Å²) in [5.74, 6) is 1.06. The van der Waals surface area contributed by atoms with Crippen molar-refractivity contribution in [3.8, 4) is 0 Å². The normalized spacial score (nSPS) is 14.9. The molecular formula is C19H25ClN4O2. The minimum atomic E-state index is 0.119. The number of aliphatic hydroxyl groups excluding tert-OH is 1. The van der Waals surface area contributed by atoms with Crippen molar-refractivity contribution in [2.75, 3.05) is 44.2 Å². The molecule has 0 unspecified atom stereocenters. The van der Waals surface area contributed by atoms with E-state index in [0.29, 0.717) is 24.7 Å². The molecule has 1 aliphatic rings. The summed E-state index contributed by atoms with van der Waals surface area (Å²) in [6.07, 6.45) is 0.725. The van der Waals surface area contributed by atoms with Crippen LogP contribution in [0.2, 0.25) is 5.02 Å². The van der Waals surface area contributed by atoms with Crippen LogP contribution in [-0.2, 0) is 11.3 Å². The highest BCUT2D eigenvalue weighted by Crippen LogP contribution is 2.26. The third-order valence-corrected chi connectivity index (χ3v) is 4.92. The SMILES string of the molecule is CC(=O)N1CCN(c2nc3cc(Cl)ccc3cc2CNCCCO)CC1. The molecule has 6 nitrogen and oxygen atoms in total. The molecule has 0 aliphatic carbocycles. The standard InChI is InChI=1S/C19H25ClN4O2/c1-14(26)23-6-8-24(9-7-23)19-16(13-21-5-2-10-25)11-15-3-4-17(20)12-18(15)22-19/h3-4,11-12,21,25H,2,5-10,13H2,1H3. The molecule has 2 aromatic rings. The Morgan fingerprint density at radius 3 is 2.73 bits per heavy atom. The maximum absolute atomic E-state index is 11.6. The summed E-state index contributed by atoms with van der Waals surface area (Å²) in [6.45, 7) is 6.19. The van der Waals surface area contributed by atoms with Crippen molar-refractivity contribution < 1.29 is 9.90 Å². The highest BCUT2D eigenvalue weighted by molar-refractivity contribution is 6.31. The lowest BCUT2D eigenvalue weighted by Crippen LogP contribution is -2.48. The summed E-state index contributed by atoms with van der Waals surface area (Å²) in [5, 5.41) is 14.0. The van der Waals surface area contributed by atoms with Gasteiger partial charge in [-0.1, -0.05) is 17.7 Å². The number of piperazine rings is 1.